The van der Waals surface area contributed by atoms with Crippen LogP contribution in [0.1, 0.15) is 43.7 Å². The molecular formula is C12H17Cl2NOS. The number of thiophene rings is 1. The lowest BCUT2D eigenvalue weighted by molar-refractivity contribution is 0.00913. The topological polar surface area (TPSA) is 35.2 Å². The van der Waals surface area contributed by atoms with Crippen LogP contribution in [0.2, 0.25) is 8.67 Å². The highest BCUT2D eigenvalue weighted by Crippen LogP contribution is 2.36. The zero-order chi connectivity index (χ0) is 12.3. The molecule has 1 aromatic heterocycles. The lowest BCUT2D eigenvalue weighted by atomic mass is 9.99. The molecule has 2 rings (SSSR count). The summed E-state index contributed by atoms with van der Waals surface area (Å²) in [7, 11) is 0. The second-order valence-corrected chi connectivity index (χ2v) is 6.74. The molecule has 96 valence electrons. The third-order valence-corrected chi connectivity index (χ3v) is 4.67. The van der Waals surface area contributed by atoms with Gasteiger partial charge in [0, 0.05) is 12.6 Å². The summed E-state index contributed by atoms with van der Waals surface area (Å²) in [5, 5.41) is 0. The summed E-state index contributed by atoms with van der Waals surface area (Å²) < 4.78 is 7.11. The SMILES string of the molecule is NC(CCC1CCCCO1)c1cc(Cl)sc1Cl. The Hall–Kier alpha value is 0.200. The molecule has 2 heterocycles. The summed E-state index contributed by atoms with van der Waals surface area (Å²) in [6.45, 7) is 0.894. The van der Waals surface area contributed by atoms with Crippen LogP contribution in [0.25, 0.3) is 0 Å². The maximum Gasteiger partial charge on any atom is 0.0991 e. The van der Waals surface area contributed by atoms with Crippen LogP contribution in [0, 0.1) is 0 Å². The Bertz CT molecular complexity index is 363. The molecule has 0 saturated carbocycles. The maximum absolute atomic E-state index is 6.13. The number of ether oxygens (including phenoxy) is 1. The molecule has 5 heteroatoms. The van der Waals surface area contributed by atoms with Crippen molar-refractivity contribution in [2.24, 2.45) is 5.73 Å². The standard InChI is InChI=1S/C12H17Cl2NOS/c13-11-7-9(12(14)17-11)10(15)5-4-8-3-1-2-6-16-8/h7-8,10H,1-6,15H2. The van der Waals surface area contributed by atoms with Crippen molar-refractivity contribution in [2.45, 2.75) is 44.2 Å². The summed E-state index contributed by atoms with van der Waals surface area (Å²) in [6.07, 6.45) is 5.90. The first-order chi connectivity index (χ1) is 8.16. The Morgan fingerprint density at radius 1 is 1.47 bits per heavy atom. The van der Waals surface area contributed by atoms with Crippen molar-refractivity contribution in [1.82, 2.24) is 0 Å². The van der Waals surface area contributed by atoms with Crippen LogP contribution in [0.5, 0.6) is 0 Å². The van der Waals surface area contributed by atoms with E-state index in [2.05, 4.69) is 0 Å². The van der Waals surface area contributed by atoms with Crippen molar-refractivity contribution in [3.8, 4) is 0 Å². The summed E-state index contributed by atoms with van der Waals surface area (Å²) in [6, 6.07) is 1.85. The Balaban J connectivity index is 1.84. The highest BCUT2D eigenvalue weighted by atomic mass is 35.5. The molecule has 1 fully saturated rings. The fourth-order valence-electron chi connectivity index (χ4n) is 2.16. The van der Waals surface area contributed by atoms with Crippen molar-refractivity contribution in [3.63, 3.8) is 0 Å². The molecule has 0 bridgehead atoms. The minimum absolute atomic E-state index is 0.0308. The number of hydrogen-bond donors (Lipinski definition) is 1. The Morgan fingerprint density at radius 3 is 2.88 bits per heavy atom. The highest BCUT2D eigenvalue weighted by Gasteiger charge is 2.18. The van der Waals surface area contributed by atoms with Gasteiger partial charge in [-0.2, -0.15) is 0 Å². The van der Waals surface area contributed by atoms with Crippen LogP contribution in [0.15, 0.2) is 6.07 Å². The Morgan fingerprint density at radius 2 is 2.29 bits per heavy atom. The van der Waals surface area contributed by atoms with Gasteiger partial charge in [0.15, 0.2) is 0 Å². The monoisotopic (exact) mass is 293 g/mol. The molecule has 2 N–H and O–H groups in total. The van der Waals surface area contributed by atoms with Crippen molar-refractivity contribution < 1.29 is 4.74 Å². The second kappa shape index (κ2) is 6.39. The maximum atomic E-state index is 6.13. The summed E-state index contributed by atoms with van der Waals surface area (Å²) >= 11 is 13.4. The van der Waals surface area contributed by atoms with Gasteiger partial charge in [0.1, 0.15) is 0 Å². The molecule has 1 saturated heterocycles. The van der Waals surface area contributed by atoms with Gasteiger partial charge in [0.05, 0.1) is 14.8 Å². The minimum Gasteiger partial charge on any atom is -0.378 e. The largest absolute Gasteiger partial charge is 0.378 e. The van der Waals surface area contributed by atoms with Crippen LogP contribution >= 0.6 is 34.5 Å². The first-order valence-electron chi connectivity index (χ1n) is 5.98. The van der Waals surface area contributed by atoms with E-state index in [0.29, 0.717) is 14.8 Å². The molecule has 0 aromatic carbocycles. The van der Waals surface area contributed by atoms with Gasteiger partial charge in [-0.25, -0.2) is 0 Å². The lowest BCUT2D eigenvalue weighted by Crippen LogP contribution is -2.21. The number of halogens is 2. The minimum atomic E-state index is -0.0308. The van der Waals surface area contributed by atoms with E-state index in [1.807, 2.05) is 6.07 Å². The van der Waals surface area contributed by atoms with Crippen molar-refractivity contribution in [1.29, 1.82) is 0 Å². The molecule has 0 amide bonds. The Labute approximate surface area is 116 Å². The third-order valence-electron chi connectivity index (χ3n) is 3.16. The van der Waals surface area contributed by atoms with E-state index in [-0.39, 0.29) is 6.04 Å². The fourth-order valence-corrected chi connectivity index (χ4v) is 3.76. The van der Waals surface area contributed by atoms with Gasteiger partial charge < -0.3 is 10.5 Å². The predicted octanol–water partition coefficient (Wildman–Crippen LogP) is 4.40. The number of hydrogen-bond acceptors (Lipinski definition) is 3. The van der Waals surface area contributed by atoms with Gasteiger partial charge >= 0.3 is 0 Å². The molecule has 2 unspecified atom stereocenters. The van der Waals surface area contributed by atoms with Gasteiger partial charge in [0.25, 0.3) is 0 Å². The van der Waals surface area contributed by atoms with E-state index >= 15 is 0 Å². The normalized spacial score (nSPS) is 22.6. The molecule has 1 aromatic rings. The summed E-state index contributed by atoms with van der Waals surface area (Å²) in [5.74, 6) is 0. The van der Waals surface area contributed by atoms with Crippen molar-refractivity contribution in [2.75, 3.05) is 6.61 Å². The van der Waals surface area contributed by atoms with Gasteiger partial charge in [0.2, 0.25) is 0 Å². The van der Waals surface area contributed by atoms with Crippen LogP contribution in [-0.2, 0) is 4.74 Å². The van der Waals surface area contributed by atoms with E-state index in [4.69, 9.17) is 33.7 Å². The predicted molar refractivity (Wildman–Crippen MR) is 74.1 cm³/mol. The molecule has 0 spiro atoms. The average Bonchev–Trinajstić information content (AvgIpc) is 2.67. The molecular weight excluding hydrogens is 277 g/mol. The quantitative estimate of drug-likeness (QED) is 0.893. The van der Waals surface area contributed by atoms with Crippen LogP contribution in [0.3, 0.4) is 0 Å². The molecule has 2 atom stereocenters. The van der Waals surface area contributed by atoms with Gasteiger partial charge in [-0.1, -0.05) is 23.2 Å². The molecule has 0 aliphatic carbocycles. The molecule has 2 nitrogen and oxygen atoms in total. The van der Waals surface area contributed by atoms with Gasteiger partial charge in [-0.05, 0) is 43.7 Å². The first kappa shape index (κ1) is 13.6. The van der Waals surface area contributed by atoms with Crippen molar-refractivity contribution in [3.05, 3.63) is 20.3 Å². The Kier molecular flexibility index (Phi) is 5.12. The lowest BCUT2D eigenvalue weighted by Gasteiger charge is -2.23. The van der Waals surface area contributed by atoms with Crippen LogP contribution < -0.4 is 5.73 Å². The number of nitrogens with two attached hydrogens (primary N) is 1. The smallest absolute Gasteiger partial charge is 0.0991 e. The molecule has 17 heavy (non-hydrogen) atoms. The van der Waals surface area contributed by atoms with E-state index in [1.54, 1.807) is 0 Å². The van der Waals surface area contributed by atoms with E-state index in [0.717, 1.165) is 31.4 Å². The van der Waals surface area contributed by atoms with E-state index in [9.17, 15) is 0 Å². The molecule has 1 aliphatic heterocycles. The molecule has 0 radical (unpaired) electrons. The van der Waals surface area contributed by atoms with Crippen molar-refractivity contribution >= 4 is 34.5 Å². The van der Waals surface area contributed by atoms with Crippen LogP contribution in [0.4, 0.5) is 0 Å². The van der Waals surface area contributed by atoms with Gasteiger partial charge in [-0.15, -0.1) is 11.3 Å². The molecule has 1 aliphatic rings. The zero-order valence-electron chi connectivity index (χ0n) is 9.62. The second-order valence-electron chi connectivity index (χ2n) is 4.45. The van der Waals surface area contributed by atoms with Crippen LogP contribution in [-0.4, -0.2) is 12.7 Å². The van der Waals surface area contributed by atoms with E-state index in [1.165, 1.54) is 24.2 Å². The first-order valence-corrected chi connectivity index (χ1v) is 7.56. The number of rotatable bonds is 4. The summed E-state index contributed by atoms with van der Waals surface area (Å²) in [5.41, 5.74) is 7.10. The van der Waals surface area contributed by atoms with E-state index < -0.39 is 0 Å². The summed E-state index contributed by atoms with van der Waals surface area (Å²) in [4.78, 5) is 0. The average molecular weight is 294 g/mol. The van der Waals surface area contributed by atoms with Gasteiger partial charge in [-0.3, -0.25) is 0 Å². The zero-order valence-corrected chi connectivity index (χ0v) is 12.0. The third kappa shape index (κ3) is 3.83. The fraction of sp³-hybridized carbons (Fsp3) is 0.667. The highest BCUT2D eigenvalue weighted by molar-refractivity contribution is 7.20.